The van der Waals surface area contributed by atoms with Gasteiger partial charge in [-0.05, 0) is 25.5 Å². The van der Waals surface area contributed by atoms with E-state index >= 15 is 0 Å². The second-order valence-corrected chi connectivity index (χ2v) is 3.31. The summed E-state index contributed by atoms with van der Waals surface area (Å²) in [5, 5.41) is 0. The maximum Gasteiger partial charge on any atom is 0.128 e. The van der Waals surface area contributed by atoms with Gasteiger partial charge in [0, 0.05) is 6.20 Å². The maximum absolute atomic E-state index is 4.57. The van der Waals surface area contributed by atoms with Crippen LogP contribution in [0.3, 0.4) is 0 Å². The lowest BCUT2D eigenvalue weighted by Gasteiger charge is -2.25. The van der Waals surface area contributed by atoms with E-state index in [4.69, 9.17) is 0 Å². The Morgan fingerprint density at radius 3 is 3.08 bits per heavy atom. The van der Waals surface area contributed by atoms with Crippen molar-refractivity contribution in [3.8, 4) is 0 Å². The zero-order valence-electron chi connectivity index (χ0n) is 7.57. The quantitative estimate of drug-likeness (QED) is 0.575. The Hall–Kier alpha value is -1.05. The zero-order valence-corrected chi connectivity index (χ0v) is 7.57. The third-order valence-electron chi connectivity index (χ3n) is 2.54. The van der Waals surface area contributed by atoms with E-state index in [1.807, 2.05) is 6.08 Å². The molecule has 0 bridgehead atoms. The fourth-order valence-electron chi connectivity index (χ4n) is 1.90. The first-order chi connectivity index (χ1) is 5.83. The molecule has 0 aliphatic carbocycles. The molecular formula is C10H14N2. The molecule has 0 fully saturated rings. The summed E-state index contributed by atoms with van der Waals surface area (Å²) < 4.78 is 0. The van der Waals surface area contributed by atoms with Crippen LogP contribution in [0.25, 0.3) is 0 Å². The predicted molar refractivity (Wildman–Crippen MR) is 51.1 cm³/mol. The molecule has 64 valence electrons. The Balaban J connectivity index is 2.27. The lowest BCUT2D eigenvalue weighted by molar-refractivity contribution is 0.380. The molecule has 2 atom stereocenters. The molecule has 2 nitrogen and oxygen atoms in total. The summed E-state index contributed by atoms with van der Waals surface area (Å²) >= 11 is 0. The van der Waals surface area contributed by atoms with Crippen molar-refractivity contribution in [2.45, 2.75) is 32.4 Å². The number of amidine groups is 1. The van der Waals surface area contributed by atoms with E-state index < -0.39 is 0 Å². The van der Waals surface area contributed by atoms with Crippen LogP contribution < -0.4 is 0 Å². The van der Waals surface area contributed by atoms with Crippen LogP contribution in [0.4, 0.5) is 0 Å². The molecule has 0 N–H and O–H groups in total. The Bertz CT molecular complexity index is 263. The highest BCUT2D eigenvalue weighted by atomic mass is 15.3. The highest BCUT2D eigenvalue weighted by molar-refractivity contribution is 5.96. The van der Waals surface area contributed by atoms with Crippen molar-refractivity contribution in [3.63, 3.8) is 0 Å². The number of hydrogen-bond acceptors (Lipinski definition) is 2. The number of rotatable bonds is 1. The van der Waals surface area contributed by atoms with Crippen LogP contribution in [-0.2, 0) is 0 Å². The average Bonchev–Trinajstić information content (AvgIpc) is 2.40. The first-order valence-electron chi connectivity index (χ1n) is 4.54. The van der Waals surface area contributed by atoms with Crippen LogP contribution in [0.5, 0.6) is 0 Å². The molecule has 2 aliphatic heterocycles. The number of hydrogen-bond donors (Lipinski definition) is 0. The van der Waals surface area contributed by atoms with Crippen LogP contribution in [-0.4, -0.2) is 22.8 Å². The SMILES string of the molecule is CCC1C(C)N=C2C=CC=CN21. The molecule has 2 aliphatic rings. The molecule has 2 heteroatoms. The smallest absolute Gasteiger partial charge is 0.128 e. The van der Waals surface area contributed by atoms with E-state index in [1.165, 1.54) is 0 Å². The minimum Gasteiger partial charge on any atom is -0.328 e. The lowest BCUT2D eigenvalue weighted by atomic mass is 10.1. The Kier molecular flexibility index (Phi) is 1.75. The Labute approximate surface area is 73.3 Å². The van der Waals surface area contributed by atoms with Crippen molar-refractivity contribution < 1.29 is 0 Å². The van der Waals surface area contributed by atoms with Gasteiger partial charge in [-0.15, -0.1) is 0 Å². The van der Waals surface area contributed by atoms with Crippen LogP contribution in [0.1, 0.15) is 20.3 Å². The van der Waals surface area contributed by atoms with E-state index in [-0.39, 0.29) is 0 Å². The van der Waals surface area contributed by atoms with E-state index in [0.717, 1.165) is 12.3 Å². The average molecular weight is 162 g/mol. The van der Waals surface area contributed by atoms with Crippen LogP contribution in [0, 0.1) is 0 Å². The Morgan fingerprint density at radius 2 is 2.33 bits per heavy atom. The van der Waals surface area contributed by atoms with E-state index in [0.29, 0.717) is 12.1 Å². The second-order valence-electron chi connectivity index (χ2n) is 3.31. The number of fused-ring (bicyclic) bond motifs is 1. The summed E-state index contributed by atoms with van der Waals surface area (Å²) in [6, 6.07) is 1.01. The Morgan fingerprint density at radius 1 is 1.50 bits per heavy atom. The fraction of sp³-hybridized carbons (Fsp3) is 0.500. The van der Waals surface area contributed by atoms with Gasteiger partial charge in [0.05, 0.1) is 12.1 Å². The van der Waals surface area contributed by atoms with Crippen LogP contribution in [0.2, 0.25) is 0 Å². The summed E-state index contributed by atoms with van der Waals surface area (Å²) in [6.07, 6.45) is 9.47. The molecule has 0 saturated carbocycles. The highest BCUT2D eigenvalue weighted by Gasteiger charge is 2.29. The van der Waals surface area contributed by atoms with Crippen molar-refractivity contribution in [3.05, 3.63) is 24.4 Å². The first-order valence-corrected chi connectivity index (χ1v) is 4.54. The van der Waals surface area contributed by atoms with Crippen molar-refractivity contribution in [1.82, 2.24) is 4.90 Å². The van der Waals surface area contributed by atoms with Gasteiger partial charge in [-0.3, -0.25) is 4.99 Å². The molecule has 2 heterocycles. The summed E-state index contributed by atoms with van der Waals surface area (Å²) in [5.74, 6) is 1.12. The molecule has 2 rings (SSSR count). The van der Waals surface area contributed by atoms with Crippen molar-refractivity contribution in [2.75, 3.05) is 0 Å². The van der Waals surface area contributed by atoms with Gasteiger partial charge in [-0.2, -0.15) is 0 Å². The predicted octanol–water partition coefficient (Wildman–Crippen LogP) is 1.95. The van der Waals surface area contributed by atoms with E-state index in [1.54, 1.807) is 0 Å². The van der Waals surface area contributed by atoms with Crippen LogP contribution in [0.15, 0.2) is 29.4 Å². The first kappa shape index (κ1) is 7.59. The molecular weight excluding hydrogens is 148 g/mol. The maximum atomic E-state index is 4.57. The second kappa shape index (κ2) is 2.77. The van der Waals surface area contributed by atoms with Gasteiger partial charge in [-0.25, -0.2) is 0 Å². The molecule has 0 saturated heterocycles. The van der Waals surface area contributed by atoms with Gasteiger partial charge >= 0.3 is 0 Å². The van der Waals surface area contributed by atoms with Gasteiger partial charge in [0.15, 0.2) is 0 Å². The molecule has 12 heavy (non-hydrogen) atoms. The molecule has 0 amide bonds. The minimum absolute atomic E-state index is 0.442. The fourth-order valence-corrected chi connectivity index (χ4v) is 1.90. The zero-order chi connectivity index (χ0) is 8.55. The van der Waals surface area contributed by atoms with Gasteiger partial charge in [0.25, 0.3) is 0 Å². The molecule has 0 spiro atoms. The summed E-state index contributed by atoms with van der Waals surface area (Å²) in [4.78, 5) is 6.84. The molecule has 0 aromatic carbocycles. The number of aliphatic imine (C=N–C) groups is 1. The molecule has 0 aromatic rings. The molecule has 2 unspecified atom stereocenters. The molecule has 0 radical (unpaired) electrons. The highest BCUT2D eigenvalue weighted by Crippen LogP contribution is 2.22. The normalized spacial score (nSPS) is 32.2. The summed E-state index contributed by atoms with van der Waals surface area (Å²) in [5.41, 5.74) is 0. The third-order valence-corrected chi connectivity index (χ3v) is 2.54. The van der Waals surface area contributed by atoms with Crippen molar-refractivity contribution in [2.24, 2.45) is 4.99 Å². The monoisotopic (exact) mass is 162 g/mol. The van der Waals surface area contributed by atoms with Crippen LogP contribution >= 0.6 is 0 Å². The summed E-state index contributed by atoms with van der Waals surface area (Å²) in [6.45, 7) is 4.40. The summed E-state index contributed by atoms with van der Waals surface area (Å²) in [7, 11) is 0. The topological polar surface area (TPSA) is 15.6 Å². The number of allylic oxidation sites excluding steroid dienone is 2. The van der Waals surface area contributed by atoms with E-state index in [2.05, 4.69) is 42.1 Å². The van der Waals surface area contributed by atoms with Crippen molar-refractivity contribution in [1.29, 1.82) is 0 Å². The third kappa shape index (κ3) is 0.986. The van der Waals surface area contributed by atoms with Gasteiger partial charge in [0.1, 0.15) is 5.84 Å². The van der Waals surface area contributed by atoms with Crippen molar-refractivity contribution >= 4 is 5.84 Å². The van der Waals surface area contributed by atoms with E-state index in [9.17, 15) is 0 Å². The number of nitrogens with zero attached hydrogens (tertiary/aromatic N) is 2. The van der Waals surface area contributed by atoms with Gasteiger partial charge < -0.3 is 4.90 Å². The lowest BCUT2D eigenvalue weighted by Crippen LogP contribution is -2.34. The minimum atomic E-state index is 0.442. The van der Waals surface area contributed by atoms with Gasteiger partial charge in [0.2, 0.25) is 0 Å². The van der Waals surface area contributed by atoms with Gasteiger partial charge in [-0.1, -0.05) is 13.0 Å². The standard InChI is InChI=1S/C10H14N2/c1-3-9-8(2)11-10-6-4-5-7-12(9)10/h4-9H,3H2,1-2H3. The molecule has 0 aromatic heterocycles. The largest absolute Gasteiger partial charge is 0.328 e.